The molecular weight excluding hydrogens is 440 g/mol. The molecule has 186 valence electrons. The summed E-state index contributed by atoms with van der Waals surface area (Å²) in [5.41, 5.74) is 3.66. The fraction of sp³-hybridized carbons (Fsp3) is 0.464. The Morgan fingerprint density at radius 1 is 1.14 bits per heavy atom. The van der Waals surface area contributed by atoms with Gasteiger partial charge in [0.1, 0.15) is 5.82 Å². The molecule has 0 aliphatic heterocycles. The molecule has 1 unspecified atom stereocenters. The zero-order chi connectivity index (χ0) is 25.2. The smallest absolute Gasteiger partial charge is 0.305 e. The highest BCUT2D eigenvalue weighted by Gasteiger charge is 2.28. The number of benzene rings is 1. The standard InChI is InChI=1S/C28H36N4O3/c1-18-10-8-13-20(16-18)22(17-23(33)34)29-27(35)21-14-9-15-32-25(21)30-24(19-11-6-5-7-12-19)26(32)31-28(2,3)4/h8-10,13-16,19,22,31H,5-7,11-12,17H2,1-4H3,(H,29,35)(H,33,34). The Bertz CT molecular complexity index is 1220. The number of carboxylic acids is 1. The van der Waals surface area contributed by atoms with Gasteiger partial charge in [-0.3, -0.25) is 14.0 Å². The third-order valence-corrected chi connectivity index (χ3v) is 6.54. The molecule has 7 heteroatoms. The van der Waals surface area contributed by atoms with Gasteiger partial charge in [-0.05, 0) is 58.2 Å². The van der Waals surface area contributed by atoms with E-state index in [9.17, 15) is 14.7 Å². The van der Waals surface area contributed by atoms with Crippen molar-refractivity contribution in [2.75, 3.05) is 5.32 Å². The summed E-state index contributed by atoms with van der Waals surface area (Å²) in [6, 6.07) is 10.6. The predicted octanol–water partition coefficient (Wildman–Crippen LogP) is 5.85. The van der Waals surface area contributed by atoms with Crippen molar-refractivity contribution in [1.29, 1.82) is 0 Å². The molecule has 3 N–H and O–H groups in total. The van der Waals surface area contributed by atoms with E-state index >= 15 is 0 Å². The van der Waals surface area contributed by atoms with Crippen LogP contribution in [-0.4, -0.2) is 31.9 Å². The van der Waals surface area contributed by atoms with Gasteiger partial charge in [-0.25, -0.2) is 4.98 Å². The fourth-order valence-electron chi connectivity index (χ4n) is 4.95. The Hall–Kier alpha value is -3.35. The van der Waals surface area contributed by atoms with Gasteiger partial charge in [0, 0.05) is 17.7 Å². The Morgan fingerprint density at radius 3 is 2.54 bits per heavy atom. The molecule has 1 amide bonds. The van der Waals surface area contributed by atoms with Crippen LogP contribution in [0.5, 0.6) is 0 Å². The van der Waals surface area contributed by atoms with Crippen LogP contribution in [0.1, 0.15) is 98.4 Å². The third-order valence-electron chi connectivity index (χ3n) is 6.54. The van der Waals surface area contributed by atoms with Crippen molar-refractivity contribution < 1.29 is 14.7 Å². The summed E-state index contributed by atoms with van der Waals surface area (Å²) in [5, 5.41) is 16.1. The van der Waals surface area contributed by atoms with Crippen molar-refractivity contribution in [3.63, 3.8) is 0 Å². The number of imidazole rings is 1. The molecule has 0 radical (unpaired) electrons. The number of anilines is 1. The fourth-order valence-corrected chi connectivity index (χ4v) is 4.95. The van der Waals surface area contributed by atoms with Crippen LogP contribution < -0.4 is 10.6 Å². The molecule has 3 aromatic rings. The van der Waals surface area contributed by atoms with Gasteiger partial charge in [0.25, 0.3) is 5.91 Å². The van der Waals surface area contributed by atoms with E-state index in [1.807, 2.05) is 47.9 Å². The van der Waals surface area contributed by atoms with Crippen molar-refractivity contribution in [2.45, 2.75) is 83.7 Å². The highest BCUT2D eigenvalue weighted by Crippen LogP contribution is 2.38. The molecule has 1 atom stereocenters. The Balaban J connectivity index is 1.74. The number of carboxylic acid groups (broad SMARTS) is 1. The summed E-state index contributed by atoms with van der Waals surface area (Å²) in [6.07, 6.45) is 7.56. The van der Waals surface area contributed by atoms with Crippen LogP contribution in [0.4, 0.5) is 5.82 Å². The molecule has 1 fully saturated rings. The van der Waals surface area contributed by atoms with E-state index in [1.165, 1.54) is 19.3 Å². The third kappa shape index (κ3) is 5.84. The van der Waals surface area contributed by atoms with Crippen LogP contribution in [-0.2, 0) is 4.79 Å². The Labute approximate surface area is 207 Å². The number of carbonyl (C=O) groups is 2. The summed E-state index contributed by atoms with van der Waals surface area (Å²) < 4.78 is 1.98. The molecule has 0 spiro atoms. The zero-order valence-corrected chi connectivity index (χ0v) is 21.1. The van der Waals surface area contributed by atoms with Gasteiger partial charge in [-0.2, -0.15) is 0 Å². The maximum atomic E-state index is 13.5. The summed E-state index contributed by atoms with van der Waals surface area (Å²) in [6.45, 7) is 8.30. The minimum absolute atomic E-state index is 0.171. The zero-order valence-electron chi connectivity index (χ0n) is 21.1. The van der Waals surface area contributed by atoms with Gasteiger partial charge < -0.3 is 15.7 Å². The van der Waals surface area contributed by atoms with Gasteiger partial charge in [-0.1, -0.05) is 49.1 Å². The number of rotatable bonds is 7. The highest BCUT2D eigenvalue weighted by atomic mass is 16.4. The topological polar surface area (TPSA) is 95.7 Å². The molecule has 4 rings (SSSR count). The maximum absolute atomic E-state index is 13.5. The first kappa shape index (κ1) is 24.8. The number of hydrogen-bond acceptors (Lipinski definition) is 4. The van der Waals surface area contributed by atoms with Crippen LogP contribution in [0.25, 0.3) is 5.65 Å². The molecular formula is C28H36N4O3. The number of aliphatic carboxylic acids is 1. The van der Waals surface area contributed by atoms with Gasteiger partial charge in [0.15, 0.2) is 5.65 Å². The number of aryl methyl sites for hydroxylation is 1. The van der Waals surface area contributed by atoms with Gasteiger partial charge >= 0.3 is 5.97 Å². The number of aromatic nitrogens is 2. The largest absolute Gasteiger partial charge is 0.481 e. The molecule has 2 heterocycles. The van der Waals surface area contributed by atoms with Crippen LogP contribution in [0.2, 0.25) is 0 Å². The van der Waals surface area contributed by atoms with Gasteiger partial charge in [-0.15, -0.1) is 0 Å². The predicted molar refractivity (Wildman–Crippen MR) is 138 cm³/mol. The van der Waals surface area contributed by atoms with E-state index in [2.05, 4.69) is 31.4 Å². The molecule has 35 heavy (non-hydrogen) atoms. The van der Waals surface area contributed by atoms with Crippen molar-refractivity contribution in [1.82, 2.24) is 14.7 Å². The summed E-state index contributed by atoms with van der Waals surface area (Å²) in [5.74, 6) is 0.00390. The quantitative estimate of drug-likeness (QED) is 0.398. The number of pyridine rings is 1. The number of fused-ring (bicyclic) bond motifs is 1. The Kier molecular flexibility index (Phi) is 7.15. The van der Waals surface area contributed by atoms with Crippen LogP contribution in [0.3, 0.4) is 0 Å². The first-order valence-electron chi connectivity index (χ1n) is 12.5. The van der Waals surface area contributed by atoms with E-state index in [0.717, 1.165) is 35.5 Å². The van der Waals surface area contributed by atoms with E-state index < -0.39 is 12.0 Å². The number of carbonyl (C=O) groups excluding carboxylic acids is 1. The monoisotopic (exact) mass is 476 g/mol. The molecule has 1 aliphatic rings. The number of nitrogens with zero attached hydrogens (tertiary/aromatic N) is 2. The minimum atomic E-state index is -0.966. The molecule has 1 aliphatic carbocycles. The molecule has 7 nitrogen and oxygen atoms in total. The second kappa shape index (κ2) is 10.1. The lowest BCUT2D eigenvalue weighted by Gasteiger charge is -2.26. The second-order valence-corrected chi connectivity index (χ2v) is 10.7. The first-order chi connectivity index (χ1) is 16.6. The summed E-state index contributed by atoms with van der Waals surface area (Å²) in [7, 11) is 0. The number of hydrogen-bond donors (Lipinski definition) is 3. The number of amides is 1. The summed E-state index contributed by atoms with van der Waals surface area (Å²) >= 11 is 0. The highest BCUT2D eigenvalue weighted by molar-refractivity contribution is 6.00. The lowest BCUT2D eigenvalue weighted by molar-refractivity contribution is -0.137. The van der Waals surface area contributed by atoms with E-state index in [-0.39, 0.29) is 17.9 Å². The van der Waals surface area contributed by atoms with Crippen LogP contribution >= 0.6 is 0 Å². The lowest BCUT2D eigenvalue weighted by atomic mass is 9.87. The second-order valence-electron chi connectivity index (χ2n) is 10.7. The van der Waals surface area contributed by atoms with E-state index in [0.29, 0.717) is 17.1 Å². The van der Waals surface area contributed by atoms with Gasteiger partial charge in [0.2, 0.25) is 0 Å². The molecule has 2 aromatic heterocycles. The molecule has 0 saturated heterocycles. The normalized spacial score (nSPS) is 15.7. The average Bonchev–Trinajstić information content (AvgIpc) is 3.16. The summed E-state index contributed by atoms with van der Waals surface area (Å²) in [4.78, 5) is 30.1. The van der Waals surface area contributed by atoms with Crippen molar-refractivity contribution in [3.8, 4) is 0 Å². The lowest BCUT2D eigenvalue weighted by Crippen LogP contribution is -2.30. The minimum Gasteiger partial charge on any atom is -0.481 e. The number of nitrogens with one attached hydrogen (secondary N) is 2. The maximum Gasteiger partial charge on any atom is 0.305 e. The molecule has 0 bridgehead atoms. The molecule has 1 saturated carbocycles. The first-order valence-corrected chi connectivity index (χ1v) is 12.5. The SMILES string of the molecule is Cc1cccc(C(CC(=O)O)NC(=O)c2cccn3c(NC(C)(C)C)c(C4CCCCC4)nc23)c1. The average molecular weight is 477 g/mol. The van der Waals surface area contributed by atoms with Crippen LogP contribution in [0, 0.1) is 6.92 Å². The van der Waals surface area contributed by atoms with Gasteiger partial charge in [0.05, 0.1) is 23.7 Å². The van der Waals surface area contributed by atoms with Crippen LogP contribution in [0.15, 0.2) is 42.6 Å². The van der Waals surface area contributed by atoms with Crippen molar-refractivity contribution in [3.05, 3.63) is 65.0 Å². The van der Waals surface area contributed by atoms with Crippen molar-refractivity contribution in [2.24, 2.45) is 0 Å². The van der Waals surface area contributed by atoms with E-state index in [1.54, 1.807) is 6.07 Å². The van der Waals surface area contributed by atoms with E-state index in [4.69, 9.17) is 4.98 Å². The van der Waals surface area contributed by atoms with Crippen molar-refractivity contribution >= 4 is 23.3 Å². The Morgan fingerprint density at radius 2 is 1.89 bits per heavy atom. The molecule has 1 aromatic carbocycles.